The summed E-state index contributed by atoms with van der Waals surface area (Å²) in [6.45, 7) is 10.4. The van der Waals surface area contributed by atoms with Crippen LogP contribution in [0.2, 0.25) is 0 Å². The zero-order chi connectivity index (χ0) is 15.2. The maximum absolute atomic E-state index is 5.65. The number of nitrogens with two attached hydrogens (primary N) is 1. The lowest BCUT2D eigenvalue weighted by atomic mass is 9.93. The predicted octanol–water partition coefficient (Wildman–Crippen LogP) is 2.17. The summed E-state index contributed by atoms with van der Waals surface area (Å²) < 4.78 is 0. The molecule has 0 radical (unpaired) electrons. The molecule has 3 N–H and O–H groups in total. The van der Waals surface area contributed by atoms with Crippen LogP contribution in [0.15, 0.2) is 6.07 Å². The third-order valence-corrected chi connectivity index (χ3v) is 4.34. The average molecular weight is 291 g/mol. The minimum absolute atomic E-state index is 0.464. The SMILES string of the molecule is Cc1nc(CN)cc(NCCC2CCN(C(C)C)CC2)n1. The number of rotatable bonds is 6. The normalized spacial score (nSPS) is 17.4. The van der Waals surface area contributed by atoms with Gasteiger partial charge in [0.2, 0.25) is 0 Å². The molecule has 2 heterocycles. The molecule has 0 aromatic carbocycles. The first-order valence-electron chi connectivity index (χ1n) is 8.11. The smallest absolute Gasteiger partial charge is 0.129 e. The van der Waals surface area contributed by atoms with Gasteiger partial charge in [0.05, 0.1) is 5.69 Å². The van der Waals surface area contributed by atoms with Crippen LogP contribution in [0, 0.1) is 12.8 Å². The molecule has 1 aromatic rings. The van der Waals surface area contributed by atoms with Crippen molar-refractivity contribution in [1.82, 2.24) is 14.9 Å². The number of hydrogen-bond acceptors (Lipinski definition) is 5. The Morgan fingerprint density at radius 2 is 2.05 bits per heavy atom. The van der Waals surface area contributed by atoms with Crippen LogP contribution in [-0.2, 0) is 6.54 Å². The van der Waals surface area contributed by atoms with Crippen LogP contribution in [0.1, 0.15) is 44.6 Å². The zero-order valence-corrected chi connectivity index (χ0v) is 13.6. The molecule has 0 unspecified atom stereocenters. The summed E-state index contributed by atoms with van der Waals surface area (Å²) in [4.78, 5) is 11.3. The Morgan fingerprint density at radius 1 is 1.33 bits per heavy atom. The van der Waals surface area contributed by atoms with Crippen molar-refractivity contribution in [3.05, 3.63) is 17.6 Å². The largest absolute Gasteiger partial charge is 0.370 e. The molecule has 1 aromatic heterocycles. The lowest BCUT2D eigenvalue weighted by Gasteiger charge is -2.34. The van der Waals surface area contributed by atoms with Gasteiger partial charge in [-0.25, -0.2) is 9.97 Å². The van der Waals surface area contributed by atoms with Gasteiger partial charge in [-0.2, -0.15) is 0 Å². The van der Waals surface area contributed by atoms with Crippen LogP contribution in [-0.4, -0.2) is 40.5 Å². The second-order valence-electron chi connectivity index (χ2n) is 6.28. The Bertz CT molecular complexity index is 438. The minimum Gasteiger partial charge on any atom is -0.370 e. The minimum atomic E-state index is 0.464. The second-order valence-corrected chi connectivity index (χ2v) is 6.28. The van der Waals surface area contributed by atoms with Crippen molar-refractivity contribution < 1.29 is 0 Å². The molecule has 1 aliphatic rings. The van der Waals surface area contributed by atoms with Crippen LogP contribution in [0.25, 0.3) is 0 Å². The molecule has 0 amide bonds. The van der Waals surface area contributed by atoms with E-state index >= 15 is 0 Å². The fraction of sp³-hybridized carbons (Fsp3) is 0.750. The summed E-state index contributed by atoms with van der Waals surface area (Å²) in [6.07, 6.45) is 3.85. The van der Waals surface area contributed by atoms with E-state index in [1.165, 1.54) is 32.4 Å². The Kier molecular flexibility index (Phi) is 5.94. The maximum atomic E-state index is 5.65. The van der Waals surface area contributed by atoms with Gasteiger partial charge in [-0.05, 0) is 59.0 Å². The summed E-state index contributed by atoms with van der Waals surface area (Å²) in [5, 5.41) is 3.42. The van der Waals surface area contributed by atoms with Crippen LogP contribution in [0.4, 0.5) is 5.82 Å². The highest BCUT2D eigenvalue weighted by molar-refractivity contribution is 5.35. The second kappa shape index (κ2) is 7.71. The molecule has 2 rings (SSSR count). The molecule has 0 aliphatic carbocycles. The van der Waals surface area contributed by atoms with Crippen molar-refractivity contribution in [1.29, 1.82) is 0 Å². The summed E-state index contributed by atoms with van der Waals surface area (Å²) in [7, 11) is 0. The monoisotopic (exact) mass is 291 g/mol. The molecule has 0 atom stereocenters. The highest BCUT2D eigenvalue weighted by Gasteiger charge is 2.20. The van der Waals surface area contributed by atoms with Gasteiger partial charge in [0.15, 0.2) is 0 Å². The molecule has 0 saturated carbocycles. The van der Waals surface area contributed by atoms with Crippen molar-refractivity contribution >= 4 is 5.82 Å². The van der Waals surface area contributed by atoms with E-state index in [9.17, 15) is 0 Å². The molecule has 0 spiro atoms. The maximum Gasteiger partial charge on any atom is 0.129 e. The third-order valence-electron chi connectivity index (χ3n) is 4.34. The number of piperidine rings is 1. The first-order valence-corrected chi connectivity index (χ1v) is 8.11. The van der Waals surface area contributed by atoms with Gasteiger partial charge in [-0.15, -0.1) is 0 Å². The van der Waals surface area contributed by atoms with Crippen LogP contribution >= 0.6 is 0 Å². The van der Waals surface area contributed by atoms with E-state index in [-0.39, 0.29) is 0 Å². The fourth-order valence-corrected chi connectivity index (χ4v) is 2.99. The van der Waals surface area contributed by atoms with Crippen molar-refractivity contribution in [2.24, 2.45) is 11.7 Å². The van der Waals surface area contributed by atoms with Crippen molar-refractivity contribution in [3.8, 4) is 0 Å². The number of aromatic nitrogens is 2. The van der Waals surface area contributed by atoms with Crippen LogP contribution in [0.3, 0.4) is 0 Å². The summed E-state index contributed by atoms with van der Waals surface area (Å²) in [5.74, 6) is 2.53. The third kappa shape index (κ3) is 4.93. The number of anilines is 1. The number of nitrogens with one attached hydrogen (secondary N) is 1. The molecular formula is C16H29N5. The highest BCUT2D eigenvalue weighted by Crippen LogP contribution is 2.21. The molecule has 5 nitrogen and oxygen atoms in total. The number of likely N-dealkylation sites (tertiary alicyclic amines) is 1. The fourth-order valence-electron chi connectivity index (χ4n) is 2.99. The summed E-state index contributed by atoms with van der Waals surface area (Å²) in [5.41, 5.74) is 6.55. The van der Waals surface area contributed by atoms with Crippen molar-refractivity contribution in [2.45, 2.75) is 52.6 Å². The Morgan fingerprint density at radius 3 is 2.67 bits per heavy atom. The summed E-state index contributed by atoms with van der Waals surface area (Å²) >= 11 is 0. The van der Waals surface area contributed by atoms with Gasteiger partial charge in [0.25, 0.3) is 0 Å². The highest BCUT2D eigenvalue weighted by atomic mass is 15.1. The van der Waals surface area contributed by atoms with Gasteiger partial charge >= 0.3 is 0 Å². The first-order chi connectivity index (χ1) is 10.1. The van der Waals surface area contributed by atoms with E-state index in [0.717, 1.165) is 29.8 Å². The Balaban J connectivity index is 1.74. The van der Waals surface area contributed by atoms with Crippen molar-refractivity contribution in [3.63, 3.8) is 0 Å². The Hall–Kier alpha value is -1.20. The first kappa shape index (κ1) is 16.2. The van der Waals surface area contributed by atoms with E-state index in [1.807, 2.05) is 13.0 Å². The van der Waals surface area contributed by atoms with Gasteiger partial charge in [0.1, 0.15) is 11.6 Å². The lowest BCUT2D eigenvalue weighted by Crippen LogP contribution is -2.38. The molecule has 1 aliphatic heterocycles. The van der Waals surface area contributed by atoms with Gasteiger partial charge in [0, 0.05) is 25.2 Å². The van der Waals surface area contributed by atoms with Gasteiger partial charge in [-0.3, -0.25) is 0 Å². The summed E-state index contributed by atoms with van der Waals surface area (Å²) in [6, 6.07) is 2.64. The molecule has 1 fully saturated rings. The van der Waals surface area contributed by atoms with E-state index in [0.29, 0.717) is 12.6 Å². The predicted molar refractivity (Wildman–Crippen MR) is 87.2 cm³/mol. The van der Waals surface area contributed by atoms with Gasteiger partial charge < -0.3 is 16.0 Å². The number of aryl methyl sites for hydroxylation is 1. The molecule has 21 heavy (non-hydrogen) atoms. The molecule has 0 bridgehead atoms. The molecule has 5 heteroatoms. The van der Waals surface area contributed by atoms with Crippen molar-refractivity contribution in [2.75, 3.05) is 25.0 Å². The van der Waals surface area contributed by atoms with E-state index in [2.05, 4.69) is 34.0 Å². The lowest BCUT2D eigenvalue weighted by molar-refractivity contribution is 0.147. The topological polar surface area (TPSA) is 67.1 Å². The van der Waals surface area contributed by atoms with E-state index in [4.69, 9.17) is 5.73 Å². The van der Waals surface area contributed by atoms with E-state index in [1.54, 1.807) is 0 Å². The standard InChI is InChI=1S/C16H29N5/c1-12(2)21-8-5-14(6-9-21)4-7-18-16-10-15(11-17)19-13(3)20-16/h10,12,14H,4-9,11,17H2,1-3H3,(H,18,19,20). The molecule has 118 valence electrons. The van der Waals surface area contributed by atoms with E-state index < -0.39 is 0 Å². The zero-order valence-electron chi connectivity index (χ0n) is 13.6. The quantitative estimate of drug-likeness (QED) is 0.841. The number of hydrogen-bond donors (Lipinski definition) is 2. The van der Waals surface area contributed by atoms with Crippen LogP contribution < -0.4 is 11.1 Å². The molecular weight excluding hydrogens is 262 g/mol. The van der Waals surface area contributed by atoms with Crippen LogP contribution in [0.5, 0.6) is 0 Å². The Labute approximate surface area is 128 Å². The average Bonchev–Trinajstić information content (AvgIpc) is 2.47. The van der Waals surface area contributed by atoms with Gasteiger partial charge in [-0.1, -0.05) is 0 Å². The number of nitrogens with zero attached hydrogens (tertiary/aromatic N) is 3. The molecule has 1 saturated heterocycles.